The second-order valence-corrected chi connectivity index (χ2v) is 7.14. The summed E-state index contributed by atoms with van der Waals surface area (Å²) in [5.41, 5.74) is 2.81. The normalized spacial score (nSPS) is 28.1. The molecule has 0 amide bonds. The van der Waals surface area contributed by atoms with Crippen LogP contribution in [0.4, 0.5) is 0 Å². The summed E-state index contributed by atoms with van der Waals surface area (Å²) in [6, 6.07) is 8.54. The van der Waals surface area contributed by atoms with Crippen LogP contribution in [0.3, 0.4) is 0 Å². The fraction of sp³-hybridized carbons (Fsp3) is 0.667. The van der Waals surface area contributed by atoms with Crippen molar-refractivity contribution in [3.8, 4) is 0 Å². The van der Waals surface area contributed by atoms with Crippen molar-refractivity contribution >= 4 is 0 Å². The number of hydrogen-bond donors (Lipinski definition) is 1. The molecule has 1 aliphatic carbocycles. The molecule has 0 unspecified atom stereocenters. The van der Waals surface area contributed by atoms with E-state index in [-0.39, 0.29) is 11.5 Å². The van der Waals surface area contributed by atoms with E-state index in [9.17, 15) is 5.11 Å². The summed E-state index contributed by atoms with van der Waals surface area (Å²) < 4.78 is 0. The minimum Gasteiger partial charge on any atom is -0.392 e. The first-order valence-electron chi connectivity index (χ1n) is 7.64. The van der Waals surface area contributed by atoms with Gasteiger partial charge in [-0.3, -0.25) is 0 Å². The molecule has 0 bridgehead atoms. The van der Waals surface area contributed by atoms with Gasteiger partial charge in [0.15, 0.2) is 0 Å². The van der Waals surface area contributed by atoms with Gasteiger partial charge in [-0.05, 0) is 42.6 Å². The van der Waals surface area contributed by atoms with Gasteiger partial charge in [-0.15, -0.1) is 0 Å². The zero-order valence-corrected chi connectivity index (χ0v) is 12.8. The summed E-state index contributed by atoms with van der Waals surface area (Å²) >= 11 is 0. The lowest BCUT2D eigenvalue weighted by molar-refractivity contribution is -0.0269. The molecule has 0 saturated heterocycles. The highest BCUT2D eigenvalue weighted by Gasteiger charge is 2.40. The molecular weight excluding hydrogens is 232 g/mol. The largest absolute Gasteiger partial charge is 0.392 e. The highest BCUT2D eigenvalue weighted by atomic mass is 16.3. The van der Waals surface area contributed by atoms with Gasteiger partial charge in [0.1, 0.15) is 0 Å². The van der Waals surface area contributed by atoms with Crippen molar-refractivity contribution in [1.82, 2.24) is 0 Å². The standard InChI is InChI=1S/C18H28O/c1-13-7-5-9-15(11-13)12-16(19)17-14(2)8-6-10-18(17,3)4/h5,7,9,11,14,16-17,19H,6,8,10,12H2,1-4H3/t14-,16+,17-/m0/s1. The van der Waals surface area contributed by atoms with E-state index in [1.807, 2.05) is 0 Å². The molecule has 1 fully saturated rings. The van der Waals surface area contributed by atoms with Gasteiger partial charge in [0.25, 0.3) is 0 Å². The number of aryl methyl sites for hydroxylation is 1. The van der Waals surface area contributed by atoms with E-state index in [0.29, 0.717) is 11.8 Å². The summed E-state index contributed by atoms with van der Waals surface area (Å²) in [4.78, 5) is 0. The van der Waals surface area contributed by atoms with Crippen LogP contribution in [0.1, 0.15) is 51.2 Å². The number of rotatable bonds is 3. The van der Waals surface area contributed by atoms with Crippen molar-refractivity contribution < 1.29 is 5.11 Å². The molecule has 106 valence electrons. The van der Waals surface area contributed by atoms with Crippen LogP contribution in [-0.2, 0) is 6.42 Å². The van der Waals surface area contributed by atoms with Gasteiger partial charge in [-0.1, -0.05) is 63.4 Å². The summed E-state index contributed by atoms with van der Waals surface area (Å²) in [6.07, 6.45) is 4.39. The molecule has 0 radical (unpaired) electrons. The van der Waals surface area contributed by atoms with Gasteiger partial charge in [0.05, 0.1) is 6.10 Å². The molecule has 1 heteroatoms. The van der Waals surface area contributed by atoms with Crippen molar-refractivity contribution in [2.45, 2.75) is 59.5 Å². The Hall–Kier alpha value is -0.820. The van der Waals surface area contributed by atoms with E-state index in [0.717, 1.165) is 6.42 Å². The van der Waals surface area contributed by atoms with Crippen LogP contribution in [-0.4, -0.2) is 11.2 Å². The van der Waals surface area contributed by atoms with E-state index in [2.05, 4.69) is 52.0 Å². The molecule has 0 spiro atoms. The van der Waals surface area contributed by atoms with Crippen molar-refractivity contribution in [1.29, 1.82) is 0 Å². The van der Waals surface area contributed by atoms with Crippen molar-refractivity contribution in [2.75, 3.05) is 0 Å². The van der Waals surface area contributed by atoms with Gasteiger partial charge >= 0.3 is 0 Å². The zero-order chi connectivity index (χ0) is 14.0. The Kier molecular flexibility index (Phi) is 4.35. The molecule has 2 rings (SSSR count). The second kappa shape index (κ2) is 5.66. The maximum absolute atomic E-state index is 10.7. The van der Waals surface area contributed by atoms with Gasteiger partial charge in [-0.25, -0.2) is 0 Å². The van der Waals surface area contributed by atoms with Crippen LogP contribution in [0.15, 0.2) is 24.3 Å². The van der Waals surface area contributed by atoms with E-state index in [1.165, 1.54) is 30.4 Å². The van der Waals surface area contributed by atoms with Crippen LogP contribution in [0.5, 0.6) is 0 Å². The third kappa shape index (κ3) is 3.39. The molecule has 0 aromatic heterocycles. The quantitative estimate of drug-likeness (QED) is 0.856. The van der Waals surface area contributed by atoms with Gasteiger partial charge in [-0.2, -0.15) is 0 Å². The number of benzene rings is 1. The molecule has 0 aliphatic heterocycles. The number of aliphatic hydroxyl groups is 1. The average Bonchev–Trinajstić information content (AvgIpc) is 2.27. The first kappa shape index (κ1) is 14.6. The maximum Gasteiger partial charge on any atom is 0.0616 e. The van der Waals surface area contributed by atoms with Crippen molar-refractivity contribution in [3.63, 3.8) is 0 Å². The second-order valence-electron chi connectivity index (χ2n) is 7.14. The molecule has 1 aromatic rings. The lowest BCUT2D eigenvalue weighted by Crippen LogP contribution is -2.42. The van der Waals surface area contributed by atoms with E-state index >= 15 is 0 Å². The lowest BCUT2D eigenvalue weighted by atomic mass is 9.61. The molecular formula is C18H28O. The smallest absolute Gasteiger partial charge is 0.0616 e. The minimum atomic E-state index is -0.216. The summed E-state index contributed by atoms with van der Waals surface area (Å²) in [5.74, 6) is 1.05. The van der Waals surface area contributed by atoms with Crippen LogP contribution in [0.2, 0.25) is 0 Å². The average molecular weight is 260 g/mol. The summed E-state index contributed by atoms with van der Waals surface area (Å²) in [7, 11) is 0. The zero-order valence-electron chi connectivity index (χ0n) is 12.8. The molecule has 19 heavy (non-hydrogen) atoms. The number of hydrogen-bond acceptors (Lipinski definition) is 1. The predicted molar refractivity (Wildman–Crippen MR) is 81.2 cm³/mol. The van der Waals surface area contributed by atoms with E-state index in [1.54, 1.807) is 0 Å². The van der Waals surface area contributed by atoms with Gasteiger partial charge < -0.3 is 5.11 Å². The van der Waals surface area contributed by atoms with Crippen molar-refractivity contribution in [3.05, 3.63) is 35.4 Å². The number of aliphatic hydroxyl groups excluding tert-OH is 1. The molecule has 0 heterocycles. The SMILES string of the molecule is Cc1cccc(C[C@@H](O)[C@@H]2[C@@H](C)CCCC2(C)C)c1. The third-order valence-electron chi connectivity index (χ3n) is 4.94. The Morgan fingerprint density at radius 2 is 2.11 bits per heavy atom. The Labute approximate surface area is 118 Å². The van der Waals surface area contributed by atoms with E-state index < -0.39 is 0 Å². The van der Waals surface area contributed by atoms with Crippen LogP contribution >= 0.6 is 0 Å². The molecule has 1 nitrogen and oxygen atoms in total. The first-order chi connectivity index (χ1) is 8.90. The Morgan fingerprint density at radius 3 is 2.74 bits per heavy atom. The molecule has 1 aromatic carbocycles. The Balaban J connectivity index is 2.11. The minimum absolute atomic E-state index is 0.216. The lowest BCUT2D eigenvalue weighted by Gasteiger charge is -2.45. The summed E-state index contributed by atoms with van der Waals surface area (Å²) in [5, 5.41) is 10.7. The maximum atomic E-state index is 10.7. The van der Waals surface area contributed by atoms with Crippen molar-refractivity contribution in [2.24, 2.45) is 17.3 Å². The molecule has 1 saturated carbocycles. The highest BCUT2D eigenvalue weighted by molar-refractivity contribution is 5.23. The highest BCUT2D eigenvalue weighted by Crippen LogP contribution is 2.46. The Bertz CT molecular complexity index is 421. The molecule has 3 atom stereocenters. The first-order valence-corrected chi connectivity index (χ1v) is 7.64. The molecule has 1 N–H and O–H groups in total. The van der Waals surface area contributed by atoms with E-state index in [4.69, 9.17) is 0 Å². The van der Waals surface area contributed by atoms with Gasteiger partial charge in [0, 0.05) is 0 Å². The fourth-order valence-corrected chi connectivity index (χ4v) is 4.10. The monoisotopic (exact) mass is 260 g/mol. The van der Waals surface area contributed by atoms with Crippen LogP contribution < -0.4 is 0 Å². The predicted octanol–water partition coefficient (Wildman–Crippen LogP) is 4.36. The Morgan fingerprint density at radius 1 is 1.37 bits per heavy atom. The third-order valence-corrected chi connectivity index (χ3v) is 4.94. The van der Waals surface area contributed by atoms with Gasteiger partial charge in [0.2, 0.25) is 0 Å². The van der Waals surface area contributed by atoms with Crippen LogP contribution in [0, 0.1) is 24.2 Å². The summed E-state index contributed by atoms with van der Waals surface area (Å²) in [6.45, 7) is 9.08. The fourth-order valence-electron chi connectivity index (χ4n) is 4.10. The molecule has 1 aliphatic rings. The van der Waals surface area contributed by atoms with Crippen LogP contribution in [0.25, 0.3) is 0 Å². The topological polar surface area (TPSA) is 20.2 Å².